The van der Waals surface area contributed by atoms with E-state index in [4.69, 9.17) is 0 Å². The fourth-order valence-electron chi connectivity index (χ4n) is 2.94. The number of aromatic nitrogens is 2. The van der Waals surface area contributed by atoms with Gasteiger partial charge in [-0.1, -0.05) is 6.92 Å². The summed E-state index contributed by atoms with van der Waals surface area (Å²) in [4.78, 5) is 22.9. The van der Waals surface area contributed by atoms with Crippen molar-refractivity contribution in [2.45, 2.75) is 25.9 Å². The molecule has 26 heavy (non-hydrogen) atoms. The molecule has 1 fully saturated rings. The van der Waals surface area contributed by atoms with Gasteiger partial charge >= 0.3 is 6.18 Å². The van der Waals surface area contributed by atoms with Crippen LogP contribution in [0.5, 0.6) is 0 Å². The number of hydrogen-bond acceptors (Lipinski definition) is 4. The summed E-state index contributed by atoms with van der Waals surface area (Å²) >= 11 is 0. The fourth-order valence-corrected chi connectivity index (χ4v) is 2.94. The van der Waals surface area contributed by atoms with E-state index in [1.54, 1.807) is 0 Å². The molecular weight excluding hydrogens is 345 g/mol. The number of nitrogens with one attached hydrogen (secondary N) is 1. The van der Waals surface area contributed by atoms with Crippen LogP contribution < -0.4 is 10.2 Å². The van der Waals surface area contributed by atoms with Crippen molar-refractivity contribution in [3.63, 3.8) is 0 Å². The minimum absolute atomic E-state index is 0.174. The van der Waals surface area contributed by atoms with Crippen molar-refractivity contribution < 1.29 is 18.0 Å². The van der Waals surface area contributed by atoms with Crippen LogP contribution in [-0.2, 0) is 6.18 Å². The Bertz CT molecular complexity index is 777. The molecule has 2 heterocycles. The van der Waals surface area contributed by atoms with Crippen LogP contribution in [0.25, 0.3) is 0 Å². The van der Waals surface area contributed by atoms with Crippen molar-refractivity contribution in [2.24, 2.45) is 5.92 Å². The number of amides is 1. The molecule has 1 N–H and O–H groups in total. The lowest BCUT2D eigenvalue weighted by Gasteiger charge is -2.30. The molecule has 0 spiro atoms. The van der Waals surface area contributed by atoms with Gasteiger partial charge in [0.25, 0.3) is 5.91 Å². The Labute approximate surface area is 149 Å². The number of carbonyl (C=O) groups excluding carboxylic acids is 1. The molecule has 1 unspecified atom stereocenters. The van der Waals surface area contributed by atoms with Gasteiger partial charge in [-0.15, -0.1) is 0 Å². The smallest absolute Gasteiger partial charge is 0.341 e. The lowest BCUT2D eigenvalue weighted by atomic mass is 10.0. The lowest BCUT2D eigenvalue weighted by Crippen LogP contribution is -2.35. The summed E-state index contributed by atoms with van der Waals surface area (Å²) in [5, 5.41) is 2.56. The monoisotopic (exact) mass is 364 g/mol. The van der Waals surface area contributed by atoms with Crippen LogP contribution in [0.4, 0.5) is 24.8 Å². The van der Waals surface area contributed by atoms with Crippen LogP contribution >= 0.6 is 0 Å². The van der Waals surface area contributed by atoms with Gasteiger partial charge in [0.2, 0.25) is 5.95 Å². The molecule has 0 saturated carbocycles. The molecule has 0 radical (unpaired) electrons. The summed E-state index contributed by atoms with van der Waals surface area (Å²) in [6, 6.07) is 5.77. The van der Waals surface area contributed by atoms with E-state index in [0.29, 0.717) is 11.9 Å². The third-order valence-corrected chi connectivity index (χ3v) is 4.29. The highest BCUT2D eigenvalue weighted by molar-refractivity contribution is 6.02. The minimum Gasteiger partial charge on any atom is -0.341 e. The van der Waals surface area contributed by atoms with Crippen molar-refractivity contribution in [1.29, 1.82) is 0 Å². The van der Waals surface area contributed by atoms with Crippen LogP contribution in [0.2, 0.25) is 0 Å². The SMILES string of the molecule is CC1CCCN(c2nccc(C(=O)Nc3ccc(C(F)(F)F)cc3)n2)C1. The quantitative estimate of drug-likeness (QED) is 0.895. The normalized spacial score (nSPS) is 17.8. The molecule has 0 bridgehead atoms. The molecule has 2 aromatic rings. The van der Waals surface area contributed by atoms with E-state index >= 15 is 0 Å². The maximum Gasteiger partial charge on any atom is 0.416 e. The molecule has 3 rings (SSSR count). The highest BCUT2D eigenvalue weighted by Crippen LogP contribution is 2.29. The molecule has 1 amide bonds. The summed E-state index contributed by atoms with van der Waals surface area (Å²) < 4.78 is 37.8. The van der Waals surface area contributed by atoms with Crippen molar-refractivity contribution >= 4 is 17.5 Å². The number of anilines is 2. The van der Waals surface area contributed by atoms with E-state index < -0.39 is 17.6 Å². The van der Waals surface area contributed by atoms with Gasteiger partial charge in [-0.05, 0) is 49.1 Å². The molecule has 1 atom stereocenters. The molecule has 1 aromatic carbocycles. The summed E-state index contributed by atoms with van der Waals surface area (Å²) in [7, 11) is 0. The summed E-state index contributed by atoms with van der Waals surface area (Å²) in [5.41, 5.74) is -0.318. The Morgan fingerprint density at radius 2 is 1.96 bits per heavy atom. The van der Waals surface area contributed by atoms with Crippen molar-refractivity contribution in [2.75, 3.05) is 23.3 Å². The first-order valence-corrected chi connectivity index (χ1v) is 8.39. The highest BCUT2D eigenvalue weighted by atomic mass is 19.4. The molecule has 8 heteroatoms. The third kappa shape index (κ3) is 4.30. The number of nitrogens with zero attached hydrogens (tertiary/aromatic N) is 3. The average Bonchev–Trinajstić information content (AvgIpc) is 2.61. The van der Waals surface area contributed by atoms with E-state index in [0.717, 1.165) is 38.1 Å². The van der Waals surface area contributed by atoms with Crippen LogP contribution in [0.1, 0.15) is 35.8 Å². The van der Waals surface area contributed by atoms with Crippen LogP contribution in [0.3, 0.4) is 0 Å². The van der Waals surface area contributed by atoms with Gasteiger partial charge in [-0.3, -0.25) is 4.79 Å². The van der Waals surface area contributed by atoms with Gasteiger partial charge in [-0.2, -0.15) is 13.2 Å². The zero-order valence-electron chi connectivity index (χ0n) is 14.3. The largest absolute Gasteiger partial charge is 0.416 e. The first-order chi connectivity index (χ1) is 12.3. The van der Waals surface area contributed by atoms with Gasteiger partial charge in [0.1, 0.15) is 5.69 Å². The summed E-state index contributed by atoms with van der Waals surface area (Å²) in [5.74, 6) is 0.548. The zero-order chi connectivity index (χ0) is 18.7. The number of rotatable bonds is 3. The Balaban J connectivity index is 1.71. The third-order valence-electron chi connectivity index (χ3n) is 4.29. The minimum atomic E-state index is -4.41. The maximum absolute atomic E-state index is 12.6. The summed E-state index contributed by atoms with van der Waals surface area (Å²) in [6.07, 6.45) is -0.684. The van der Waals surface area contributed by atoms with Crippen molar-refractivity contribution in [3.8, 4) is 0 Å². The first kappa shape index (κ1) is 18.2. The predicted molar refractivity (Wildman–Crippen MR) is 92.0 cm³/mol. The number of halogens is 3. The topological polar surface area (TPSA) is 58.1 Å². The molecule has 138 valence electrons. The second-order valence-corrected chi connectivity index (χ2v) is 6.46. The van der Waals surface area contributed by atoms with Gasteiger partial charge in [-0.25, -0.2) is 9.97 Å². The number of carbonyl (C=O) groups is 1. The molecule has 1 saturated heterocycles. The first-order valence-electron chi connectivity index (χ1n) is 8.39. The van der Waals surface area contributed by atoms with E-state index in [1.807, 2.05) is 4.90 Å². The molecule has 1 aliphatic heterocycles. The molecule has 1 aliphatic rings. The summed E-state index contributed by atoms with van der Waals surface area (Å²) in [6.45, 7) is 3.84. The predicted octanol–water partition coefficient (Wildman–Crippen LogP) is 3.98. The lowest BCUT2D eigenvalue weighted by molar-refractivity contribution is -0.137. The maximum atomic E-state index is 12.6. The second kappa shape index (κ2) is 7.31. The van der Waals surface area contributed by atoms with Crippen LogP contribution in [0.15, 0.2) is 36.5 Å². The molecule has 1 aromatic heterocycles. The Kier molecular flexibility index (Phi) is 5.11. The van der Waals surface area contributed by atoms with Gasteiger partial charge in [0, 0.05) is 25.0 Å². The van der Waals surface area contributed by atoms with E-state index in [1.165, 1.54) is 24.4 Å². The van der Waals surface area contributed by atoms with E-state index in [-0.39, 0.29) is 11.4 Å². The van der Waals surface area contributed by atoms with Gasteiger partial charge in [0.15, 0.2) is 0 Å². The Morgan fingerprint density at radius 1 is 1.23 bits per heavy atom. The highest BCUT2D eigenvalue weighted by Gasteiger charge is 2.30. The molecular formula is C18H19F3N4O. The molecule has 5 nitrogen and oxygen atoms in total. The molecule has 0 aliphatic carbocycles. The standard InChI is InChI=1S/C18H19F3N4O/c1-12-3-2-10-25(11-12)17-22-9-8-15(24-17)16(26)23-14-6-4-13(5-7-14)18(19,20)21/h4-9,12H,2-3,10-11H2,1H3,(H,23,26). The van der Waals surface area contributed by atoms with E-state index in [2.05, 4.69) is 22.2 Å². The average molecular weight is 364 g/mol. The van der Waals surface area contributed by atoms with Crippen LogP contribution in [-0.4, -0.2) is 29.0 Å². The number of benzene rings is 1. The number of hydrogen-bond donors (Lipinski definition) is 1. The fraction of sp³-hybridized carbons (Fsp3) is 0.389. The zero-order valence-corrected chi connectivity index (χ0v) is 14.3. The van der Waals surface area contributed by atoms with Crippen LogP contribution in [0, 0.1) is 5.92 Å². The van der Waals surface area contributed by atoms with Gasteiger partial charge in [0.05, 0.1) is 5.56 Å². The van der Waals surface area contributed by atoms with Crippen molar-refractivity contribution in [3.05, 3.63) is 47.8 Å². The Morgan fingerprint density at radius 3 is 2.62 bits per heavy atom. The number of alkyl halides is 3. The van der Waals surface area contributed by atoms with E-state index in [9.17, 15) is 18.0 Å². The second-order valence-electron chi connectivity index (χ2n) is 6.46. The van der Waals surface area contributed by atoms with Crippen molar-refractivity contribution in [1.82, 2.24) is 9.97 Å². The number of piperidine rings is 1. The van der Waals surface area contributed by atoms with Gasteiger partial charge < -0.3 is 10.2 Å². The Hall–Kier alpha value is -2.64.